The highest BCUT2D eigenvalue weighted by Crippen LogP contribution is 2.62. The molecule has 53 heteroatoms. The number of unbranched alkanes of at least 4 members (excludes halogenated alkanes) is 7. The summed E-state index contributed by atoms with van der Waals surface area (Å²) in [6, 6.07) is 0.526. The van der Waals surface area contributed by atoms with Gasteiger partial charge >= 0.3 is 40.8 Å². The first-order valence-electron chi connectivity index (χ1n) is 46.3. The average molecular weight is 2140 g/mol. The minimum Gasteiger partial charge on any atom is -0.507 e. The van der Waals surface area contributed by atoms with Gasteiger partial charge in [0.25, 0.3) is 0 Å². The number of phenols is 3. The normalized spacial score (nSPS) is 24.4. The number of esters is 1. The maximum absolute atomic E-state index is 16.6. The molecule has 27 N–H and O–H groups in total. The van der Waals surface area contributed by atoms with Gasteiger partial charge in [-0.1, -0.05) is 125 Å². The second kappa shape index (κ2) is 49.8. The van der Waals surface area contributed by atoms with E-state index in [1.165, 1.54) is 50.6 Å². The van der Waals surface area contributed by atoms with Crippen molar-refractivity contribution in [2.24, 2.45) is 11.7 Å². The average Bonchev–Trinajstić information content (AvgIpc) is 0.745. The number of hydrogen-bond acceptors (Lipinski definition) is 33. The first kappa shape index (κ1) is 114. The molecular formula is C92H120Cl2N11O37P3. The predicted octanol–water partition coefficient (Wildman–Crippen LogP) is 4.11. The molecule has 13 rings (SSSR count). The Labute approximate surface area is 839 Å². The van der Waals surface area contributed by atoms with Gasteiger partial charge in [-0.05, 0) is 136 Å². The number of hydrogen-bond donors (Lipinski definition) is 26. The van der Waals surface area contributed by atoms with E-state index in [4.69, 9.17) is 66.8 Å². The van der Waals surface area contributed by atoms with Gasteiger partial charge in [-0.25, -0.2) is 9.59 Å². The van der Waals surface area contributed by atoms with Gasteiger partial charge in [0.15, 0.2) is 35.3 Å². The largest absolute Gasteiger partial charge is 0.507 e. The number of phenolic OH excluding ortho intramolecular Hbond substituents is 3. The quantitative estimate of drug-likeness (QED) is 0.0112. The Morgan fingerprint density at radius 1 is 0.676 bits per heavy atom. The van der Waals surface area contributed by atoms with Crippen LogP contribution in [0, 0.1) is 5.92 Å². The molecule has 0 spiro atoms. The lowest BCUT2D eigenvalue weighted by Crippen LogP contribution is -2.65. The molecule has 7 heterocycles. The van der Waals surface area contributed by atoms with Gasteiger partial charge in [0.1, 0.15) is 108 Å². The third-order valence-corrected chi connectivity index (χ3v) is 30.1. The Morgan fingerprint density at radius 2 is 1.28 bits per heavy atom. The molecule has 794 valence electrons. The zero-order valence-electron chi connectivity index (χ0n) is 79.2. The van der Waals surface area contributed by atoms with E-state index in [1.807, 2.05) is 0 Å². The Kier molecular flexibility index (Phi) is 39.3. The molecule has 0 aliphatic carbocycles. The summed E-state index contributed by atoms with van der Waals surface area (Å²) >= 11 is 14.4. The Balaban J connectivity index is 1.07. The minimum absolute atomic E-state index is 0.140. The molecule has 0 unspecified atom stereocenters. The third-order valence-electron chi connectivity index (χ3n) is 24.9. The number of aliphatic carboxylic acids is 1. The van der Waals surface area contributed by atoms with Crippen molar-refractivity contribution in [3.05, 3.63) is 146 Å². The van der Waals surface area contributed by atoms with Crippen LogP contribution in [-0.4, -0.2) is 269 Å². The van der Waals surface area contributed by atoms with E-state index in [2.05, 4.69) is 54.8 Å². The highest BCUT2D eigenvalue weighted by molar-refractivity contribution is 7.70. The van der Waals surface area contributed by atoms with Crippen molar-refractivity contribution in [2.75, 3.05) is 39.6 Å². The number of carbonyl (C=O) groups excluding carboxylic acids is 9. The van der Waals surface area contributed by atoms with Gasteiger partial charge < -0.3 is 172 Å². The van der Waals surface area contributed by atoms with Crippen molar-refractivity contribution in [1.82, 2.24) is 52.8 Å². The molecule has 18 atom stereocenters. The van der Waals surface area contributed by atoms with E-state index >= 15 is 24.0 Å². The second-order valence-electron chi connectivity index (χ2n) is 36.4. The van der Waals surface area contributed by atoms with Crippen LogP contribution in [0.3, 0.4) is 0 Å². The van der Waals surface area contributed by atoms with Crippen LogP contribution >= 0.6 is 46.0 Å². The Morgan fingerprint density at radius 3 is 1.88 bits per heavy atom. The molecule has 7 aliphatic rings. The number of aliphatic hydroxyl groups excluding tert-OH is 6. The number of primary amides is 1. The number of benzene rings is 6. The number of nitrogens with two attached hydrogens (primary N) is 1. The molecule has 6 aromatic rings. The number of aromatic hydroxyl groups is 3. The van der Waals surface area contributed by atoms with Gasteiger partial charge in [-0.2, -0.15) is 0 Å². The topological polar surface area (TPSA) is 757 Å². The fourth-order valence-corrected chi connectivity index (χ4v) is 20.9. The van der Waals surface area contributed by atoms with Gasteiger partial charge in [0.2, 0.25) is 53.4 Å². The summed E-state index contributed by atoms with van der Waals surface area (Å²) in [5.74, 6) is -20.9. The first-order chi connectivity index (χ1) is 68.3. The second-order valence-corrected chi connectivity index (χ2v) is 42.8. The number of carboxylic acids is 1. The third kappa shape index (κ3) is 29.2. The summed E-state index contributed by atoms with van der Waals surface area (Å²) in [5, 5.41) is 141. The van der Waals surface area contributed by atoms with Crippen molar-refractivity contribution in [1.29, 1.82) is 0 Å². The number of nitrogens with one attached hydrogen (secondary N) is 9. The number of ether oxygens (including phenoxy) is 8. The van der Waals surface area contributed by atoms with E-state index in [9.17, 15) is 118 Å². The van der Waals surface area contributed by atoms with E-state index in [-0.39, 0.29) is 34.8 Å². The Hall–Kier alpha value is -10.8. The molecule has 145 heavy (non-hydrogen) atoms. The molecule has 7 aliphatic heterocycles. The predicted molar refractivity (Wildman–Crippen MR) is 510 cm³/mol. The highest BCUT2D eigenvalue weighted by atomic mass is 35.5. The number of likely N-dealkylation sites (N-methyl/N-ethyl adjacent to an activating group) is 1. The fraction of sp³-hybridized carbons (Fsp3) is 0.500. The summed E-state index contributed by atoms with van der Waals surface area (Å²) in [7, 11) is -15.2. The maximum Gasteiger partial charge on any atom is 0.410 e. The summed E-state index contributed by atoms with van der Waals surface area (Å²) in [6.45, 7) is 7.06. The number of carboxylic acid groups (broad SMARTS) is 1. The number of carbonyl (C=O) groups is 10. The standard InChI is InChI=1S/C92H120Cl2N11O37P3/c1-7-8-9-10-11-12-13-16-27-97-28-29-98-92(5)38-67(136-44(4)82(92)116)141-81-79(115)78(114)64(40-106)140-90(81)142-80-62-34-49-35-63(80)138-61-24-21-47(33-54(61)94)76(112)74-88(122)102-72(89(123)124)51-36-58(108)52(39-105(42-143(126,127)128)91(125)135-41-48-17-14-15-18-59(48)139-66(110)25-26-68(144(129,130)131)145(132,133)134)77(113)69(51)50-31-45(19-22-57(50)107)70(85(119)104-74)101-86(120)71(49)100-84(118)56(37-65(95)109)99-87(121)73(103-83(117)55(96-6)30-43(2)3)75(111)46-20-23-60(137-62)53(93)32-46/h14-15,17-24,31-36,43-44,55-56,64,67-68,70-76,78-79,81-82,90,96-98,106-108,111-116H,7-13,16,25-30,37-42H2,1-6H3,(H2,95,109)(H,99,121)(H,100,118)(H,101,120)(H,102,122)(H,103,117)(H,104,119)(H,123,124)(H2,126,127,128)(H2,129,130,131)(H2,132,133,134)/t44-,55+,56-,64+,67-,70+,71+,72-,73+,74-,75+,76+,78+,79-,81+,82+,90-,92-/m0/s1. The zero-order valence-corrected chi connectivity index (χ0v) is 83.4. The smallest absolute Gasteiger partial charge is 0.410 e. The Bertz CT molecular complexity index is 5860. The summed E-state index contributed by atoms with van der Waals surface area (Å²) in [6.07, 6.45) is -16.1. The summed E-state index contributed by atoms with van der Waals surface area (Å²) in [4.78, 5) is 208. The zero-order chi connectivity index (χ0) is 106. The van der Waals surface area contributed by atoms with Gasteiger partial charge in [0, 0.05) is 53.7 Å². The van der Waals surface area contributed by atoms with Crippen LogP contribution in [0.15, 0.2) is 97.1 Å². The van der Waals surface area contributed by atoms with Crippen molar-refractivity contribution in [3.63, 3.8) is 0 Å². The number of amides is 8. The van der Waals surface area contributed by atoms with Crippen molar-refractivity contribution in [2.45, 2.75) is 246 Å². The molecule has 48 nitrogen and oxygen atoms in total. The molecule has 0 saturated carbocycles. The van der Waals surface area contributed by atoms with Crippen LogP contribution in [0.4, 0.5) is 4.79 Å². The number of aliphatic hydroxyl groups is 6. The van der Waals surface area contributed by atoms with Crippen molar-refractivity contribution in [3.8, 4) is 62.9 Å². The number of nitrogens with zero attached hydrogens (tertiary/aromatic N) is 1. The molecule has 11 bridgehead atoms. The molecule has 2 fully saturated rings. The SMILES string of the molecule is CCCCCCCCCCNCCN[C@@]1(C)C[C@H](O[C@H]2[C@H](Oc3c4cc5cc3Oc3ccc(cc3Cl)[C@@H](O)[C@@H](NC(=O)[C@@H](CC(C)C)NC)C(=O)N[C@@H](CC(N)=O)C(=O)N[C@H]5C(=O)N[C@H]3C(=O)N[C@H](C(=O)N[C@H](C(=O)O)c5cc(O)c(CN(CP(=O)(O)O)C(=O)OCc6ccccc6OC(=O)CCC(P(=O)(O)O)P(=O)(O)O)c(O)c5-c5cc3ccc5O)[C@H](O)c3ccc(c(Cl)c3)O4)O[C@H](CO)[C@@H](O)[C@@H]2O)O[C@@H](C)[C@H]1O. The summed E-state index contributed by atoms with van der Waals surface area (Å²) in [5.41, 5.74) is -1.24. The van der Waals surface area contributed by atoms with Crippen LogP contribution < -0.4 is 72.5 Å². The molecular weight excluding hydrogens is 2010 g/mol. The maximum atomic E-state index is 16.6. The van der Waals surface area contributed by atoms with E-state index in [0.717, 1.165) is 105 Å². The van der Waals surface area contributed by atoms with Crippen molar-refractivity contribution >= 4 is 105 Å². The minimum atomic E-state index is -5.56. The van der Waals surface area contributed by atoms with Crippen LogP contribution in [0.1, 0.15) is 187 Å². The number of halogens is 2. The fourth-order valence-electron chi connectivity index (χ4n) is 17.3. The molecule has 0 radical (unpaired) electrons. The van der Waals surface area contributed by atoms with E-state index < -0.39 is 343 Å². The van der Waals surface area contributed by atoms with E-state index in [0.29, 0.717) is 19.2 Å². The molecule has 6 aromatic carbocycles. The first-order valence-corrected chi connectivity index (χ1v) is 52.2. The van der Waals surface area contributed by atoms with Crippen LogP contribution in [0.2, 0.25) is 10.0 Å². The van der Waals surface area contributed by atoms with Crippen LogP contribution in [0.5, 0.6) is 51.7 Å². The number of rotatable bonds is 38. The lowest BCUT2D eigenvalue weighted by molar-refractivity contribution is -0.334. The van der Waals surface area contributed by atoms with E-state index in [1.54, 1.807) is 27.7 Å². The van der Waals surface area contributed by atoms with Gasteiger partial charge in [-0.15, -0.1) is 0 Å². The van der Waals surface area contributed by atoms with Gasteiger partial charge in [0.05, 0.1) is 53.4 Å². The van der Waals surface area contributed by atoms with Crippen LogP contribution in [0.25, 0.3) is 11.1 Å². The van der Waals surface area contributed by atoms with Crippen LogP contribution in [-0.2, 0) is 88.9 Å². The summed E-state index contributed by atoms with van der Waals surface area (Å²) < 4.78 is 87.2. The number of para-hydroxylation sites is 1. The lowest BCUT2D eigenvalue weighted by atomic mass is 9.85. The van der Waals surface area contributed by atoms with Gasteiger partial charge in [-0.3, -0.25) is 57.0 Å². The molecule has 8 amide bonds. The monoisotopic (exact) mass is 2130 g/mol. The van der Waals surface area contributed by atoms with Crippen molar-refractivity contribution < 1.29 is 180 Å². The highest BCUT2D eigenvalue weighted by Gasteiger charge is 2.53. The number of fused-ring (bicyclic) bond motifs is 15. The lowest BCUT2D eigenvalue weighted by Gasteiger charge is -2.48. The molecule has 0 aromatic heterocycles. The molecule has 2 saturated heterocycles.